The number of rotatable bonds is 8. The topological polar surface area (TPSA) is 18.5 Å². The number of hydrogen-bond donors (Lipinski definition) is 0. The van der Waals surface area contributed by atoms with Crippen molar-refractivity contribution in [3.8, 4) is 22.6 Å². The van der Waals surface area contributed by atoms with Crippen molar-refractivity contribution in [2.45, 2.75) is 78.0 Å². The van der Waals surface area contributed by atoms with Gasteiger partial charge in [0.25, 0.3) is 0 Å². The lowest BCUT2D eigenvalue weighted by molar-refractivity contribution is 0.410. The van der Waals surface area contributed by atoms with Crippen molar-refractivity contribution < 1.29 is 9.47 Å². The fourth-order valence-electron chi connectivity index (χ4n) is 3.78. The van der Waals surface area contributed by atoms with E-state index in [2.05, 4.69) is 86.3 Å². The van der Waals surface area contributed by atoms with Crippen molar-refractivity contribution in [2.75, 3.05) is 20.9 Å². The monoisotopic (exact) mass is 462 g/mol. The van der Waals surface area contributed by atoms with Crippen molar-refractivity contribution in [3.05, 3.63) is 42.5 Å². The van der Waals surface area contributed by atoms with Crippen molar-refractivity contribution in [3.63, 3.8) is 0 Å². The minimum Gasteiger partial charge on any atom is -0.496 e. The lowest BCUT2D eigenvalue weighted by Crippen LogP contribution is -2.18. The van der Waals surface area contributed by atoms with E-state index in [1.807, 2.05) is 18.2 Å². The molecule has 2 nitrogen and oxygen atoms in total. The number of hydrogen-bond acceptors (Lipinski definition) is 2. The maximum absolute atomic E-state index is 5.70. The average Bonchev–Trinajstić information content (AvgIpc) is 2.72. The van der Waals surface area contributed by atoms with Crippen LogP contribution >= 0.6 is 15.8 Å². The highest BCUT2D eigenvalue weighted by Crippen LogP contribution is 2.50. The molecule has 2 aromatic carbocycles. The summed E-state index contributed by atoms with van der Waals surface area (Å²) in [5, 5.41) is 1.40. The van der Waals surface area contributed by atoms with Crippen molar-refractivity contribution in [1.82, 2.24) is 0 Å². The van der Waals surface area contributed by atoms with Crippen molar-refractivity contribution >= 4 is 21.1 Å². The second-order valence-corrected chi connectivity index (χ2v) is 15.8. The van der Waals surface area contributed by atoms with Gasteiger partial charge in [-0.3, -0.25) is 0 Å². The van der Waals surface area contributed by atoms with E-state index in [-0.39, 0.29) is 7.92 Å². The fraction of sp³-hybridized carbons (Fsp3) is 0.556. The van der Waals surface area contributed by atoms with Crippen LogP contribution in [0.1, 0.15) is 55.4 Å². The van der Waals surface area contributed by atoms with Crippen LogP contribution in [0, 0.1) is 0 Å². The SMILES string of the molecule is CC(C)P(C)C(C)C.COc1ccccc1-c1c(OC)cccc1P(C(C)C)C(C)C. The van der Waals surface area contributed by atoms with Crippen LogP contribution in [0.4, 0.5) is 0 Å². The summed E-state index contributed by atoms with van der Waals surface area (Å²) in [4.78, 5) is 0. The predicted octanol–water partition coefficient (Wildman–Crippen LogP) is 8.21. The molecule has 0 atom stereocenters. The molecule has 0 radical (unpaired) electrons. The molecule has 2 rings (SSSR count). The third-order valence-corrected chi connectivity index (χ3v) is 12.0. The molecule has 4 heteroatoms. The normalized spacial score (nSPS) is 11.5. The summed E-state index contributed by atoms with van der Waals surface area (Å²) < 4.78 is 11.3. The van der Waals surface area contributed by atoms with Gasteiger partial charge in [0.1, 0.15) is 11.5 Å². The summed E-state index contributed by atoms with van der Waals surface area (Å²) >= 11 is 0. The molecule has 0 unspecified atom stereocenters. The highest BCUT2D eigenvalue weighted by Gasteiger charge is 2.25. The molecular formula is C27H44O2P2. The zero-order chi connectivity index (χ0) is 23.7. The largest absolute Gasteiger partial charge is 0.496 e. The van der Waals surface area contributed by atoms with E-state index >= 15 is 0 Å². The molecule has 0 amide bonds. The highest BCUT2D eigenvalue weighted by atomic mass is 31.1. The smallest absolute Gasteiger partial charge is 0.127 e. The maximum Gasteiger partial charge on any atom is 0.127 e. The first-order valence-electron chi connectivity index (χ1n) is 11.4. The van der Waals surface area contributed by atoms with Crippen LogP contribution in [-0.2, 0) is 0 Å². The van der Waals surface area contributed by atoms with Crippen LogP contribution < -0.4 is 14.8 Å². The second kappa shape index (κ2) is 13.4. The summed E-state index contributed by atoms with van der Waals surface area (Å²) in [7, 11) is 3.47. The third-order valence-electron chi connectivity index (χ3n) is 5.62. The number of ether oxygens (including phenoxy) is 2. The Balaban J connectivity index is 0.000000512. The van der Waals surface area contributed by atoms with E-state index in [4.69, 9.17) is 9.47 Å². The van der Waals surface area contributed by atoms with Crippen LogP contribution in [0.25, 0.3) is 11.1 Å². The number of para-hydroxylation sites is 1. The van der Waals surface area contributed by atoms with Gasteiger partial charge < -0.3 is 9.47 Å². The molecular weight excluding hydrogens is 418 g/mol. The molecule has 0 fully saturated rings. The summed E-state index contributed by atoms with van der Waals surface area (Å²) in [5.74, 6) is 1.81. The molecule has 0 spiro atoms. The number of methoxy groups -OCH3 is 2. The first-order chi connectivity index (χ1) is 14.6. The molecule has 0 heterocycles. The first-order valence-corrected chi connectivity index (χ1v) is 14.8. The molecule has 0 saturated carbocycles. The van der Waals surface area contributed by atoms with Crippen LogP contribution in [-0.4, -0.2) is 43.5 Å². The summed E-state index contributed by atoms with van der Waals surface area (Å²) in [5.41, 5.74) is 5.34. The van der Waals surface area contributed by atoms with Crippen LogP contribution in [0.3, 0.4) is 0 Å². The van der Waals surface area contributed by atoms with Gasteiger partial charge >= 0.3 is 0 Å². The van der Waals surface area contributed by atoms with Gasteiger partial charge in [-0.25, -0.2) is 0 Å². The Kier molecular flexibility index (Phi) is 12.1. The van der Waals surface area contributed by atoms with E-state index in [0.29, 0.717) is 19.2 Å². The van der Waals surface area contributed by atoms with Crippen LogP contribution in [0.2, 0.25) is 0 Å². The minimum atomic E-state index is -0.293. The van der Waals surface area contributed by atoms with Gasteiger partial charge in [0.2, 0.25) is 0 Å². The van der Waals surface area contributed by atoms with Gasteiger partial charge in [-0.05, 0) is 46.7 Å². The predicted molar refractivity (Wildman–Crippen MR) is 145 cm³/mol. The Hall–Kier alpha value is -1.10. The Bertz CT molecular complexity index is 769. The van der Waals surface area contributed by atoms with E-state index in [9.17, 15) is 0 Å². The second-order valence-electron chi connectivity index (χ2n) is 9.00. The van der Waals surface area contributed by atoms with Crippen molar-refractivity contribution in [2.24, 2.45) is 0 Å². The Morgan fingerprint density at radius 2 is 1.10 bits per heavy atom. The van der Waals surface area contributed by atoms with Crippen LogP contribution in [0.15, 0.2) is 42.5 Å². The molecule has 0 N–H and O–H groups in total. The van der Waals surface area contributed by atoms with Gasteiger partial charge in [0.15, 0.2) is 0 Å². The molecule has 0 saturated heterocycles. The first kappa shape index (κ1) is 27.9. The van der Waals surface area contributed by atoms with Gasteiger partial charge in [-0.2, -0.15) is 0 Å². The average molecular weight is 463 g/mol. The summed E-state index contributed by atoms with van der Waals surface area (Å²) in [6.45, 7) is 20.9. The molecule has 0 aromatic heterocycles. The fourth-order valence-corrected chi connectivity index (χ4v) is 8.02. The summed E-state index contributed by atoms with van der Waals surface area (Å²) in [6, 6.07) is 14.6. The van der Waals surface area contributed by atoms with Gasteiger partial charge in [0, 0.05) is 11.1 Å². The molecule has 0 bridgehead atoms. The quantitative estimate of drug-likeness (QED) is 0.368. The third kappa shape index (κ3) is 7.76. The molecule has 0 aliphatic carbocycles. The zero-order valence-corrected chi connectivity index (χ0v) is 23.4. The standard InChI is InChI=1S/C20H27O2P.C7H17P/c1-14(2)23(15(3)4)19-13-9-12-18(22-6)20(19)16-10-7-8-11-17(16)21-5;1-6(2)8(5)7(3)4/h7-15H,1-6H3;6-7H,1-5H3. The zero-order valence-electron chi connectivity index (χ0n) is 21.6. The summed E-state index contributed by atoms with van der Waals surface area (Å²) in [6.07, 6.45) is 0. The molecule has 174 valence electrons. The van der Waals surface area contributed by atoms with E-state index in [0.717, 1.165) is 28.4 Å². The molecule has 2 aromatic rings. The molecule has 0 aliphatic heterocycles. The van der Waals surface area contributed by atoms with E-state index < -0.39 is 0 Å². The van der Waals surface area contributed by atoms with E-state index in [1.54, 1.807) is 14.2 Å². The maximum atomic E-state index is 5.70. The van der Waals surface area contributed by atoms with Gasteiger partial charge in [-0.1, -0.05) is 93.6 Å². The molecule has 31 heavy (non-hydrogen) atoms. The van der Waals surface area contributed by atoms with E-state index in [1.165, 1.54) is 10.9 Å². The highest BCUT2D eigenvalue weighted by molar-refractivity contribution is 7.67. The lowest BCUT2D eigenvalue weighted by atomic mass is 10.0. The minimum absolute atomic E-state index is 0.293. The van der Waals surface area contributed by atoms with Crippen LogP contribution in [0.5, 0.6) is 11.5 Å². The van der Waals surface area contributed by atoms with Gasteiger partial charge in [-0.15, -0.1) is 7.92 Å². The number of benzene rings is 2. The lowest BCUT2D eigenvalue weighted by Gasteiger charge is -2.29. The Labute approximate surface area is 194 Å². The molecule has 0 aliphatic rings. The van der Waals surface area contributed by atoms with Crippen molar-refractivity contribution in [1.29, 1.82) is 0 Å². The van der Waals surface area contributed by atoms with Gasteiger partial charge in [0.05, 0.1) is 14.2 Å². The Morgan fingerprint density at radius 1 is 0.613 bits per heavy atom. The Morgan fingerprint density at radius 3 is 1.52 bits per heavy atom.